The van der Waals surface area contributed by atoms with Crippen molar-refractivity contribution in [3.05, 3.63) is 28.8 Å². The molecule has 2 N–H and O–H groups in total. The molecule has 0 aromatic heterocycles. The van der Waals surface area contributed by atoms with E-state index >= 15 is 0 Å². The summed E-state index contributed by atoms with van der Waals surface area (Å²) >= 11 is 5.82. The summed E-state index contributed by atoms with van der Waals surface area (Å²) in [7, 11) is 0. The van der Waals surface area contributed by atoms with Gasteiger partial charge >= 0.3 is 0 Å². The molecule has 2 rings (SSSR count). The molecular weight excluding hydrogens is 250 g/mol. The number of amides is 1. The lowest BCUT2D eigenvalue weighted by Gasteiger charge is -2.12. The van der Waals surface area contributed by atoms with E-state index in [2.05, 4.69) is 12.2 Å². The van der Waals surface area contributed by atoms with Crippen LogP contribution in [-0.4, -0.2) is 17.6 Å². The average Bonchev–Trinajstić information content (AvgIpc) is 2.75. The lowest BCUT2D eigenvalue weighted by Crippen LogP contribution is -2.28. The molecule has 0 aliphatic heterocycles. The van der Waals surface area contributed by atoms with Crippen LogP contribution in [0.4, 0.5) is 0 Å². The maximum atomic E-state index is 11.9. The van der Waals surface area contributed by atoms with Gasteiger partial charge < -0.3 is 10.4 Å². The highest BCUT2D eigenvalue weighted by atomic mass is 35.5. The van der Waals surface area contributed by atoms with E-state index in [9.17, 15) is 9.90 Å². The summed E-state index contributed by atoms with van der Waals surface area (Å²) in [5.74, 6) is 1.03. The van der Waals surface area contributed by atoms with Crippen molar-refractivity contribution in [3.8, 4) is 5.75 Å². The highest BCUT2D eigenvalue weighted by molar-refractivity contribution is 6.31. The van der Waals surface area contributed by atoms with Crippen LogP contribution < -0.4 is 5.32 Å². The van der Waals surface area contributed by atoms with E-state index in [0.29, 0.717) is 17.5 Å². The molecule has 0 radical (unpaired) electrons. The number of hydrogen-bond donors (Lipinski definition) is 2. The summed E-state index contributed by atoms with van der Waals surface area (Å²) in [5, 5.41) is 12.9. The molecule has 1 aromatic rings. The number of carbonyl (C=O) groups is 1. The number of benzene rings is 1. The quantitative estimate of drug-likeness (QED) is 0.883. The SMILES string of the molecule is CC1CCC(CNC(=O)c2cc(Cl)ccc2O)C1. The third-order valence-electron chi connectivity index (χ3n) is 3.56. The standard InChI is InChI=1S/C14H18ClNO2/c1-9-2-3-10(6-9)8-16-14(18)12-7-11(15)4-5-13(12)17/h4-5,7,9-10,17H,2-3,6,8H2,1H3,(H,16,18). The highest BCUT2D eigenvalue weighted by Gasteiger charge is 2.22. The Morgan fingerprint density at radius 3 is 2.94 bits per heavy atom. The van der Waals surface area contributed by atoms with Crippen LogP contribution in [0.1, 0.15) is 36.5 Å². The van der Waals surface area contributed by atoms with Crippen molar-refractivity contribution in [2.75, 3.05) is 6.54 Å². The predicted octanol–water partition coefficient (Wildman–Crippen LogP) is 3.21. The van der Waals surface area contributed by atoms with Crippen molar-refractivity contribution >= 4 is 17.5 Å². The number of carbonyl (C=O) groups excluding carboxylic acids is 1. The highest BCUT2D eigenvalue weighted by Crippen LogP contribution is 2.29. The van der Waals surface area contributed by atoms with E-state index in [1.165, 1.54) is 31.4 Å². The van der Waals surface area contributed by atoms with Crippen molar-refractivity contribution in [2.24, 2.45) is 11.8 Å². The summed E-state index contributed by atoms with van der Waals surface area (Å²) in [6.07, 6.45) is 3.58. The van der Waals surface area contributed by atoms with Crippen LogP contribution in [0, 0.1) is 11.8 Å². The van der Waals surface area contributed by atoms with E-state index in [4.69, 9.17) is 11.6 Å². The molecule has 1 aliphatic carbocycles. The Morgan fingerprint density at radius 1 is 1.50 bits per heavy atom. The number of hydrogen-bond acceptors (Lipinski definition) is 2. The van der Waals surface area contributed by atoms with Crippen molar-refractivity contribution in [3.63, 3.8) is 0 Å². The second kappa shape index (κ2) is 5.61. The van der Waals surface area contributed by atoms with Gasteiger partial charge in [0.05, 0.1) is 5.56 Å². The van der Waals surface area contributed by atoms with Gasteiger partial charge in [-0.05, 0) is 42.9 Å². The van der Waals surface area contributed by atoms with E-state index in [1.807, 2.05) is 0 Å². The Hall–Kier alpha value is -1.22. The van der Waals surface area contributed by atoms with E-state index in [-0.39, 0.29) is 17.2 Å². The first-order valence-electron chi connectivity index (χ1n) is 6.33. The Bertz CT molecular complexity index is 447. The lowest BCUT2D eigenvalue weighted by molar-refractivity contribution is 0.0944. The van der Waals surface area contributed by atoms with Crippen LogP contribution in [0.2, 0.25) is 5.02 Å². The second-order valence-corrected chi connectivity index (χ2v) is 5.59. The van der Waals surface area contributed by atoms with Gasteiger partial charge in [-0.3, -0.25) is 4.79 Å². The molecule has 3 nitrogen and oxygen atoms in total. The smallest absolute Gasteiger partial charge is 0.255 e. The van der Waals surface area contributed by atoms with E-state index in [0.717, 1.165) is 5.92 Å². The first-order valence-corrected chi connectivity index (χ1v) is 6.70. The first kappa shape index (κ1) is 13.2. The third kappa shape index (κ3) is 3.16. The minimum Gasteiger partial charge on any atom is -0.507 e. The van der Waals surface area contributed by atoms with E-state index < -0.39 is 0 Å². The zero-order valence-electron chi connectivity index (χ0n) is 10.4. The van der Waals surface area contributed by atoms with Gasteiger partial charge in [-0.15, -0.1) is 0 Å². The van der Waals surface area contributed by atoms with Gasteiger partial charge in [-0.1, -0.05) is 24.9 Å². The molecule has 0 spiro atoms. The van der Waals surface area contributed by atoms with Gasteiger partial charge in [0.1, 0.15) is 5.75 Å². The number of nitrogens with one attached hydrogen (secondary N) is 1. The molecule has 18 heavy (non-hydrogen) atoms. The minimum atomic E-state index is -0.255. The average molecular weight is 268 g/mol. The van der Waals surface area contributed by atoms with Crippen molar-refractivity contribution < 1.29 is 9.90 Å². The van der Waals surface area contributed by atoms with Crippen LogP contribution in [0.15, 0.2) is 18.2 Å². The van der Waals surface area contributed by atoms with Gasteiger partial charge in [0, 0.05) is 11.6 Å². The van der Waals surface area contributed by atoms with Crippen molar-refractivity contribution in [1.29, 1.82) is 0 Å². The first-order chi connectivity index (χ1) is 8.56. The molecule has 2 unspecified atom stereocenters. The number of phenolic OH excluding ortho intramolecular Hbond substituents is 1. The molecule has 1 fully saturated rings. The third-order valence-corrected chi connectivity index (χ3v) is 3.79. The molecule has 1 aromatic carbocycles. The zero-order valence-corrected chi connectivity index (χ0v) is 11.2. The zero-order chi connectivity index (χ0) is 13.1. The monoisotopic (exact) mass is 267 g/mol. The molecule has 0 bridgehead atoms. The molecule has 0 saturated heterocycles. The number of rotatable bonds is 3. The molecule has 1 saturated carbocycles. The molecule has 2 atom stereocenters. The van der Waals surface area contributed by atoms with Crippen LogP contribution in [0.3, 0.4) is 0 Å². The maximum absolute atomic E-state index is 11.9. The fraction of sp³-hybridized carbons (Fsp3) is 0.500. The van der Waals surface area contributed by atoms with Gasteiger partial charge in [-0.25, -0.2) is 0 Å². The molecule has 4 heteroatoms. The Morgan fingerprint density at radius 2 is 2.28 bits per heavy atom. The van der Waals surface area contributed by atoms with Gasteiger partial charge in [0.15, 0.2) is 0 Å². The van der Waals surface area contributed by atoms with Gasteiger partial charge in [-0.2, -0.15) is 0 Å². The molecular formula is C14H18ClNO2. The lowest BCUT2D eigenvalue weighted by atomic mass is 10.1. The maximum Gasteiger partial charge on any atom is 0.255 e. The van der Waals surface area contributed by atoms with Crippen LogP contribution in [-0.2, 0) is 0 Å². The van der Waals surface area contributed by atoms with Crippen LogP contribution in [0.25, 0.3) is 0 Å². The fourth-order valence-corrected chi connectivity index (χ4v) is 2.70. The number of halogens is 1. The fourth-order valence-electron chi connectivity index (χ4n) is 2.53. The summed E-state index contributed by atoms with van der Waals surface area (Å²) in [4.78, 5) is 11.9. The Labute approximate surface area is 112 Å². The molecule has 0 heterocycles. The number of aromatic hydroxyl groups is 1. The van der Waals surface area contributed by atoms with E-state index in [1.54, 1.807) is 6.07 Å². The van der Waals surface area contributed by atoms with Crippen molar-refractivity contribution in [2.45, 2.75) is 26.2 Å². The van der Waals surface area contributed by atoms with Crippen molar-refractivity contribution in [1.82, 2.24) is 5.32 Å². The summed E-state index contributed by atoms with van der Waals surface area (Å²) in [6.45, 7) is 2.92. The van der Waals surface area contributed by atoms with Gasteiger partial charge in [0.25, 0.3) is 5.91 Å². The largest absolute Gasteiger partial charge is 0.507 e. The molecule has 98 valence electrons. The normalized spacial score (nSPS) is 23.0. The summed E-state index contributed by atoms with van der Waals surface area (Å²) in [6, 6.07) is 4.49. The van der Waals surface area contributed by atoms with Crippen LogP contribution >= 0.6 is 11.6 Å². The molecule has 1 aliphatic rings. The predicted molar refractivity (Wildman–Crippen MR) is 72.0 cm³/mol. The summed E-state index contributed by atoms with van der Waals surface area (Å²) in [5.41, 5.74) is 0.244. The van der Waals surface area contributed by atoms with Gasteiger partial charge in [0.2, 0.25) is 0 Å². The number of phenols is 1. The Kier molecular flexibility index (Phi) is 4.12. The Balaban J connectivity index is 1.93. The topological polar surface area (TPSA) is 49.3 Å². The van der Waals surface area contributed by atoms with Crippen LogP contribution in [0.5, 0.6) is 5.75 Å². The molecule has 1 amide bonds. The minimum absolute atomic E-state index is 0.0308. The second-order valence-electron chi connectivity index (χ2n) is 5.16. The summed E-state index contributed by atoms with van der Waals surface area (Å²) < 4.78 is 0.